The van der Waals surface area contributed by atoms with Crippen LogP contribution in [-0.4, -0.2) is 23.8 Å². The van der Waals surface area contributed by atoms with Gasteiger partial charge in [-0.25, -0.2) is 0 Å². The van der Waals surface area contributed by atoms with Gasteiger partial charge in [0, 0.05) is 16.7 Å². The maximum atomic E-state index is 12.5. The summed E-state index contributed by atoms with van der Waals surface area (Å²) in [6.07, 6.45) is 1.61. The van der Waals surface area contributed by atoms with E-state index in [2.05, 4.69) is 6.58 Å². The maximum Gasteiger partial charge on any atom is 0.194 e. The molecular formula is C20H20O3. The third-order valence-corrected chi connectivity index (χ3v) is 3.55. The molecule has 0 aliphatic heterocycles. The molecule has 2 rings (SSSR count). The van der Waals surface area contributed by atoms with E-state index in [0.717, 1.165) is 0 Å². The third kappa shape index (κ3) is 4.02. The molecule has 0 aliphatic rings. The van der Waals surface area contributed by atoms with Gasteiger partial charge in [-0.2, -0.15) is 0 Å². The normalized spacial score (nSPS) is 11.0. The number of hydrogen-bond donors (Lipinski definition) is 0. The van der Waals surface area contributed by atoms with Crippen molar-refractivity contribution in [3.8, 4) is 0 Å². The van der Waals surface area contributed by atoms with E-state index >= 15 is 0 Å². The Morgan fingerprint density at radius 3 is 2.04 bits per heavy atom. The number of Topliss-reactive ketones (excluding diaryl/α,β-unsaturated/α-hetero) is 1. The van der Waals surface area contributed by atoms with Crippen molar-refractivity contribution in [3.63, 3.8) is 0 Å². The predicted octanol–water partition coefficient (Wildman–Crippen LogP) is 4.08. The van der Waals surface area contributed by atoms with Crippen LogP contribution in [0, 0.1) is 0 Å². The topological polar surface area (TPSA) is 43.4 Å². The van der Waals surface area contributed by atoms with Crippen LogP contribution in [0.2, 0.25) is 0 Å². The number of rotatable bonds is 7. The summed E-state index contributed by atoms with van der Waals surface area (Å²) >= 11 is 0. The van der Waals surface area contributed by atoms with Gasteiger partial charge in [0.25, 0.3) is 0 Å². The molecule has 3 heteroatoms. The molecule has 0 aromatic heterocycles. The lowest BCUT2D eigenvalue weighted by molar-refractivity contribution is 0.00787. The first-order chi connectivity index (χ1) is 11.0. The highest BCUT2D eigenvalue weighted by Crippen LogP contribution is 2.19. The molecular weight excluding hydrogens is 288 g/mol. The molecule has 0 bridgehead atoms. The molecule has 0 heterocycles. The first kappa shape index (κ1) is 16.8. The number of ether oxygens (including phenoxy) is 1. The van der Waals surface area contributed by atoms with Crippen LogP contribution < -0.4 is 0 Å². The zero-order chi connectivity index (χ0) is 16.9. The third-order valence-electron chi connectivity index (χ3n) is 3.55. The molecule has 2 aromatic carbocycles. The van der Waals surface area contributed by atoms with Crippen molar-refractivity contribution in [3.05, 3.63) is 83.9 Å². The average Bonchev–Trinajstić information content (AvgIpc) is 2.59. The highest BCUT2D eigenvalue weighted by atomic mass is 16.5. The second-order valence-corrected chi connectivity index (χ2v) is 5.71. The molecule has 23 heavy (non-hydrogen) atoms. The van der Waals surface area contributed by atoms with E-state index in [0.29, 0.717) is 23.3 Å². The monoisotopic (exact) mass is 308 g/mol. The van der Waals surface area contributed by atoms with Crippen LogP contribution in [0.4, 0.5) is 0 Å². The van der Waals surface area contributed by atoms with Gasteiger partial charge in [0.1, 0.15) is 5.60 Å². The highest BCUT2D eigenvalue weighted by Gasteiger charge is 2.29. The molecule has 2 aromatic rings. The Labute approximate surface area is 136 Å². The largest absolute Gasteiger partial charge is 0.363 e. The summed E-state index contributed by atoms with van der Waals surface area (Å²) in [5, 5.41) is 0. The van der Waals surface area contributed by atoms with Crippen LogP contribution in [0.3, 0.4) is 0 Å². The van der Waals surface area contributed by atoms with Crippen LogP contribution in [0.1, 0.15) is 40.1 Å². The van der Waals surface area contributed by atoms with Gasteiger partial charge in [-0.05, 0) is 13.8 Å². The zero-order valence-corrected chi connectivity index (χ0v) is 13.4. The van der Waals surface area contributed by atoms with Crippen LogP contribution in [0.5, 0.6) is 0 Å². The average molecular weight is 308 g/mol. The van der Waals surface area contributed by atoms with Gasteiger partial charge in [0.2, 0.25) is 0 Å². The van der Waals surface area contributed by atoms with E-state index in [9.17, 15) is 9.59 Å². The molecule has 0 aliphatic carbocycles. The number of benzene rings is 2. The zero-order valence-electron chi connectivity index (χ0n) is 13.4. The minimum atomic E-state index is -0.931. The minimum Gasteiger partial charge on any atom is -0.363 e. The van der Waals surface area contributed by atoms with Gasteiger partial charge >= 0.3 is 0 Å². The number of carbonyl (C=O) groups excluding carboxylic acids is 2. The minimum absolute atomic E-state index is 0.0632. The molecule has 0 saturated heterocycles. The van der Waals surface area contributed by atoms with Crippen LogP contribution in [-0.2, 0) is 4.74 Å². The molecule has 0 unspecified atom stereocenters. The molecule has 0 amide bonds. The Morgan fingerprint density at radius 2 is 1.48 bits per heavy atom. The van der Waals surface area contributed by atoms with Crippen molar-refractivity contribution < 1.29 is 14.3 Å². The number of hydrogen-bond acceptors (Lipinski definition) is 3. The van der Waals surface area contributed by atoms with Crippen molar-refractivity contribution >= 4 is 11.6 Å². The first-order valence-electron chi connectivity index (χ1n) is 7.45. The summed E-state index contributed by atoms with van der Waals surface area (Å²) in [7, 11) is 0. The molecule has 0 atom stereocenters. The molecule has 3 nitrogen and oxygen atoms in total. The lowest BCUT2D eigenvalue weighted by atomic mass is 9.94. The van der Waals surface area contributed by atoms with E-state index in [1.807, 2.05) is 18.2 Å². The predicted molar refractivity (Wildman–Crippen MR) is 90.9 cm³/mol. The fraction of sp³-hybridized carbons (Fsp3) is 0.200. The first-order valence-corrected chi connectivity index (χ1v) is 7.45. The van der Waals surface area contributed by atoms with Gasteiger partial charge in [0.05, 0.1) is 6.61 Å². The maximum absolute atomic E-state index is 12.5. The second-order valence-electron chi connectivity index (χ2n) is 5.71. The van der Waals surface area contributed by atoms with Crippen LogP contribution in [0.15, 0.2) is 67.3 Å². The van der Waals surface area contributed by atoms with E-state index in [-0.39, 0.29) is 11.6 Å². The Bertz CT molecular complexity index is 697. The summed E-state index contributed by atoms with van der Waals surface area (Å²) in [5.41, 5.74) is 0.765. The van der Waals surface area contributed by atoms with E-state index in [1.54, 1.807) is 56.3 Å². The smallest absolute Gasteiger partial charge is 0.194 e. The van der Waals surface area contributed by atoms with Gasteiger partial charge in [-0.15, -0.1) is 6.58 Å². The van der Waals surface area contributed by atoms with Crippen molar-refractivity contribution in [2.24, 2.45) is 0 Å². The molecule has 0 N–H and O–H groups in total. The Morgan fingerprint density at radius 1 is 0.957 bits per heavy atom. The summed E-state index contributed by atoms with van der Waals surface area (Å²) in [6.45, 7) is 7.34. The number of carbonyl (C=O) groups is 2. The Hall–Kier alpha value is -2.52. The number of ketones is 2. The molecule has 118 valence electrons. The van der Waals surface area contributed by atoms with E-state index in [1.165, 1.54) is 0 Å². The van der Waals surface area contributed by atoms with E-state index < -0.39 is 5.60 Å². The van der Waals surface area contributed by atoms with Gasteiger partial charge in [-0.1, -0.05) is 60.7 Å². The van der Waals surface area contributed by atoms with Crippen molar-refractivity contribution in [1.29, 1.82) is 0 Å². The fourth-order valence-electron chi connectivity index (χ4n) is 2.21. The Balaban J connectivity index is 2.18. The van der Waals surface area contributed by atoms with Crippen molar-refractivity contribution in [2.45, 2.75) is 19.4 Å². The standard InChI is InChI=1S/C20H20O3/c1-4-14-23-20(2,3)19(22)17-12-10-16(11-13-17)18(21)15-8-6-5-7-9-15/h4-13H,1,14H2,2-3H3. The van der Waals surface area contributed by atoms with Crippen molar-refractivity contribution in [2.75, 3.05) is 6.61 Å². The summed E-state index contributed by atoms with van der Waals surface area (Å²) in [4.78, 5) is 24.8. The summed E-state index contributed by atoms with van der Waals surface area (Å²) < 4.78 is 5.51. The molecule has 0 spiro atoms. The summed E-state index contributed by atoms with van der Waals surface area (Å²) in [5.74, 6) is -0.190. The van der Waals surface area contributed by atoms with E-state index in [4.69, 9.17) is 4.74 Å². The summed E-state index contributed by atoms with van der Waals surface area (Å²) in [6, 6.07) is 15.7. The quantitative estimate of drug-likeness (QED) is 0.572. The molecule has 0 radical (unpaired) electrons. The Kier molecular flexibility index (Phi) is 5.24. The second kappa shape index (κ2) is 7.16. The van der Waals surface area contributed by atoms with Gasteiger partial charge in [-0.3, -0.25) is 9.59 Å². The lowest BCUT2D eigenvalue weighted by Gasteiger charge is -2.23. The molecule has 0 saturated carbocycles. The van der Waals surface area contributed by atoms with Crippen LogP contribution in [0.25, 0.3) is 0 Å². The molecule has 0 fully saturated rings. The lowest BCUT2D eigenvalue weighted by Crippen LogP contribution is -2.35. The highest BCUT2D eigenvalue weighted by molar-refractivity contribution is 6.09. The SMILES string of the molecule is C=CCOC(C)(C)C(=O)c1ccc(C(=O)c2ccccc2)cc1. The van der Waals surface area contributed by atoms with Crippen LogP contribution >= 0.6 is 0 Å². The van der Waals surface area contributed by atoms with Gasteiger partial charge < -0.3 is 4.74 Å². The van der Waals surface area contributed by atoms with Crippen molar-refractivity contribution in [1.82, 2.24) is 0 Å². The van der Waals surface area contributed by atoms with Gasteiger partial charge in [0.15, 0.2) is 11.6 Å². The fourth-order valence-corrected chi connectivity index (χ4v) is 2.21.